The fourth-order valence-electron chi connectivity index (χ4n) is 1.52. The van der Waals surface area contributed by atoms with Crippen molar-refractivity contribution in [3.8, 4) is 0 Å². The monoisotopic (exact) mass is 286 g/mol. The van der Waals surface area contributed by atoms with Gasteiger partial charge in [0.1, 0.15) is 5.82 Å². The highest BCUT2D eigenvalue weighted by atomic mass is 19.1. The largest absolute Gasteiger partial charge is 0.478 e. The van der Waals surface area contributed by atoms with Crippen LogP contribution in [-0.2, 0) is 20.8 Å². The van der Waals surface area contributed by atoms with Gasteiger partial charge in [0.25, 0.3) is 0 Å². The number of hydrogen-bond donors (Lipinski definition) is 1. The van der Waals surface area contributed by atoms with Gasteiger partial charge in [-0.25, -0.2) is 9.18 Å². The van der Waals surface area contributed by atoms with E-state index < -0.39 is 11.8 Å². The first-order valence-corrected chi connectivity index (χ1v) is 6.31. The summed E-state index contributed by atoms with van der Waals surface area (Å²) in [5.74, 6) is -2.02. The van der Waals surface area contributed by atoms with Gasteiger partial charge in [-0.3, -0.25) is 0 Å². The van der Waals surface area contributed by atoms with Crippen molar-refractivity contribution < 1.29 is 28.5 Å². The van der Waals surface area contributed by atoms with Crippen LogP contribution in [-0.4, -0.2) is 44.6 Å². The van der Waals surface area contributed by atoms with Crippen molar-refractivity contribution in [3.63, 3.8) is 0 Å². The molecule has 0 aliphatic carbocycles. The Morgan fingerprint density at radius 3 is 2.65 bits per heavy atom. The first-order chi connectivity index (χ1) is 9.65. The van der Waals surface area contributed by atoms with Crippen LogP contribution >= 0.6 is 0 Å². The standard InChI is InChI=1S/C14H19FO5/c1-18-7-8-19-5-2-6-20-10-11-3-4-13(15)12(9-11)14(16)17/h3-4,9H,2,5-8,10H2,1H3,(H,16,17). The third kappa shape index (κ3) is 6.10. The second-order valence-corrected chi connectivity index (χ2v) is 4.13. The smallest absolute Gasteiger partial charge is 0.338 e. The number of rotatable bonds is 10. The van der Waals surface area contributed by atoms with Crippen molar-refractivity contribution in [1.29, 1.82) is 0 Å². The molecule has 20 heavy (non-hydrogen) atoms. The molecule has 0 saturated heterocycles. The van der Waals surface area contributed by atoms with Crippen molar-refractivity contribution in [1.82, 2.24) is 0 Å². The average Bonchev–Trinajstić information content (AvgIpc) is 2.43. The molecule has 0 amide bonds. The van der Waals surface area contributed by atoms with Crippen LogP contribution in [0.15, 0.2) is 18.2 Å². The molecule has 0 saturated carbocycles. The number of carboxylic acids is 1. The van der Waals surface area contributed by atoms with Gasteiger partial charge in [0.05, 0.1) is 25.4 Å². The van der Waals surface area contributed by atoms with E-state index in [0.29, 0.717) is 32.0 Å². The van der Waals surface area contributed by atoms with E-state index in [1.54, 1.807) is 7.11 Å². The Bertz CT molecular complexity index is 422. The summed E-state index contributed by atoms with van der Waals surface area (Å²) in [5.41, 5.74) is 0.290. The highest BCUT2D eigenvalue weighted by Gasteiger charge is 2.10. The maximum Gasteiger partial charge on any atom is 0.338 e. The number of ether oxygens (including phenoxy) is 3. The zero-order chi connectivity index (χ0) is 14.8. The lowest BCUT2D eigenvalue weighted by atomic mass is 10.1. The summed E-state index contributed by atoms with van der Waals surface area (Å²) in [7, 11) is 1.61. The van der Waals surface area contributed by atoms with E-state index >= 15 is 0 Å². The van der Waals surface area contributed by atoms with Gasteiger partial charge in [-0.2, -0.15) is 0 Å². The van der Waals surface area contributed by atoms with Crippen molar-refractivity contribution in [3.05, 3.63) is 35.1 Å². The van der Waals surface area contributed by atoms with Gasteiger partial charge in [0.2, 0.25) is 0 Å². The molecule has 6 heteroatoms. The summed E-state index contributed by atoms with van der Waals surface area (Å²) in [5, 5.41) is 8.79. The Morgan fingerprint density at radius 2 is 1.95 bits per heavy atom. The van der Waals surface area contributed by atoms with Crippen LogP contribution in [0.1, 0.15) is 22.3 Å². The highest BCUT2D eigenvalue weighted by molar-refractivity contribution is 5.88. The minimum atomic E-state index is -1.28. The molecule has 0 unspecified atom stereocenters. The molecular formula is C14H19FO5. The van der Waals surface area contributed by atoms with Crippen molar-refractivity contribution in [2.24, 2.45) is 0 Å². The molecule has 0 atom stereocenters. The Labute approximate surface area is 117 Å². The van der Waals surface area contributed by atoms with Gasteiger partial charge in [0.15, 0.2) is 0 Å². The van der Waals surface area contributed by atoms with Gasteiger partial charge >= 0.3 is 5.97 Å². The predicted octanol–water partition coefficient (Wildman–Crippen LogP) is 2.09. The average molecular weight is 286 g/mol. The number of aromatic carboxylic acids is 1. The highest BCUT2D eigenvalue weighted by Crippen LogP contribution is 2.11. The van der Waals surface area contributed by atoms with Gasteiger partial charge in [-0.1, -0.05) is 6.07 Å². The molecule has 0 radical (unpaired) electrons. The molecule has 0 fully saturated rings. The first-order valence-electron chi connectivity index (χ1n) is 6.31. The Hall–Kier alpha value is -1.50. The topological polar surface area (TPSA) is 65.0 Å². The van der Waals surface area contributed by atoms with E-state index in [2.05, 4.69) is 0 Å². The molecule has 0 aliphatic heterocycles. The molecule has 0 aromatic heterocycles. The van der Waals surface area contributed by atoms with E-state index in [1.807, 2.05) is 0 Å². The normalized spacial score (nSPS) is 10.7. The van der Waals surface area contributed by atoms with Gasteiger partial charge < -0.3 is 19.3 Å². The number of hydrogen-bond acceptors (Lipinski definition) is 4. The fraction of sp³-hybridized carbons (Fsp3) is 0.500. The zero-order valence-corrected chi connectivity index (χ0v) is 11.4. The molecule has 5 nitrogen and oxygen atoms in total. The van der Waals surface area contributed by atoms with E-state index in [1.165, 1.54) is 12.1 Å². The van der Waals surface area contributed by atoms with E-state index in [9.17, 15) is 9.18 Å². The summed E-state index contributed by atoms with van der Waals surface area (Å²) in [6, 6.07) is 3.93. The number of halogens is 1. The van der Waals surface area contributed by atoms with Crippen molar-refractivity contribution in [2.75, 3.05) is 33.5 Å². The second kappa shape index (κ2) is 9.41. The molecule has 0 spiro atoms. The molecule has 1 aromatic carbocycles. The molecule has 0 heterocycles. The van der Waals surface area contributed by atoms with Crippen LogP contribution in [0.2, 0.25) is 0 Å². The summed E-state index contributed by atoms with van der Waals surface area (Å²) < 4.78 is 28.6. The minimum absolute atomic E-state index is 0.249. The summed E-state index contributed by atoms with van der Waals surface area (Å²) in [6.07, 6.45) is 0.733. The summed E-state index contributed by atoms with van der Waals surface area (Å²) >= 11 is 0. The Morgan fingerprint density at radius 1 is 1.20 bits per heavy atom. The van der Waals surface area contributed by atoms with Crippen LogP contribution in [0.5, 0.6) is 0 Å². The van der Waals surface area contributed by atoms with Crippen LogP contribution < -0.4 is 0 Å². The maximum absolute atomic E-state index is 13.2. The zero-order valence-electron chi connectivity index (χ0n) is 11.4. The lowest BCUT2D eigenvalue weighted by Gasteiger charge is -2.06. The van der Waals surface area contributed by atoms with Crippen molar-refractivity contribution in [2.45, 2.75) is 13.0 Å². The number of methoxy groups -OCH3 is 1. The maximum atomic E-state index is 13.2. The Balaban J connectivity index is 2.22. The SMILES string of the molecule is COCCOCCCOCc1ccc(F)c(C(=O)O)c1. The van der Waals surface area contributed by atoms with Crippen LogP contribution in [0.25, 0.3) is 0 Å². The fourth-order valence-corrected chi connectivity index (χ4v) is 1.52. The van der Waals surface area contributed by atoms with Crippen LogP contribution in [0.3, 0.4) is 0 Å². The quantitative estimate of drug-likeness (QED) is 0.667. The molecule has 112 valence electrons. The third-order valence-corrected chi connectivity index (χ3v) is 2.54. The van der Waals surface area contributed by atoms with E-state index in [-0.39, 0.29) is 12.2 Å². The molecular weight excluding hydrogens is 267 g/mol. The lowest BCUT2D eigenvalue weighted by Crippen LogP contribution is -2.06. The molecule has 0 aliphatic rings. The lowest BCUT2D eigenvalue weighted by molar-refractivity contribution is 0.0483. The number of carboxylic acid groups (broad SMARTS) is 1. The Kier molecular flexibility index (Phi) is 7.79. The van der Waals surface area contributed by atoms with Crippen LogP contribution in [0, 0.1) is 5.82 Å². The van der Waals surface area contributed by atoms with Gasteiger partial charge in [-0.15, -0.1) is 0 Å². The van der Waals surface area contributed by atoms with Crippen molar-refractivity contribution >= 4 is 5.97 Å². The van der Waals surface area contributed by atoms with E-state index in [0.717, 1.165) is 12.5 Å². The minimum Gasteiger partial charge on any atom is -0.478 e. The predicted molar refractivity (Wildman–Crippen MR) is 70.3 cm³/mol. The summed E-state index contributed by atoms with van der Waals surface area (Å²) in [4.78, 5) is 10.8. The van der Waals surface area contributed by atoms with Crippen LogP contribution in [0.4, 0.5) is 4.39 Å². The number of carbonyl (C=O) groups is 1. The molecule has 0 bridgehead atoms. The second-order valence-electron chi connectivity index (χ2n) is 4.13. The first kappa shape index (κ1) is 16.6. The van der Waals surface area contributed by atoms with Gasteiger partial charge in [-0.05, 0) is 24.1 Å². The van der Waals surface area contributed by atoms with Gasteiger partial charge in [0, 0.05) is 20.3 Å². The number of benzene rings is 1. The molecule has 1 rings (SSSR count). The molecule has 1 N–H and O–H groups in total. The third-order valence-electron chi connectivity index (χ3n) is 2.54. The molecule has 1 aromatic rings. The summed E-state index contributed by atoms with van der Waals surface area (Å²) in [6.45, 7) is 2.43. The van der Waals surface area contributed by atoms with E-state index in [4.69, 9.17) is 19.3 Å².